The van der Waals surface area contributed by atoms with Crippen molar-refractivity contribution in [3.05, 3.63) is 340 Å². The van der Waals surface area contributed by atoms with Gasteiger partial charge in [0.2, 0.25) is 0 Å². The van der Waals surface area contributed by atoms with Crippen LogP contribution in [0.15, 0.2) is 340 Å². The van der Waals surface area contributed by atoms with Crippen LogP contribution in [0.1, 0.15) is 32.1 Å². The first kappa shape index (κ1) is 59.6. The molecular formula is C103H70BN3. The molecule has 4 fully saturated rings. The number of hydrogen-bond acceptors (Lipinski definition) is 3. The minimum Gasteiger partial charge on any atom is -0.365 e. The van der Waals surface area contributed by atoms with Crippen molar-refractivity contribution in [2.45, 2.75) is 44.2 Å². The molecule has 19 aromatic carbocycles. The minimum atomic E-state index is -0.263. The summed E-state index contributed by atoms with van der Waals surface area (Å²) in [6.07, 6.45) is 6.35. The third kappa shape index (κ3) is 8.67. The summed E-state index contributed by atoms with van der Waals surface area (Å²) in [5, 5.41) is 20.7. The van der Waals surface area contributed by atoms with E-state index in [1.807, 2.05) is 0 Å². The topological polar surface area (TPSA) is 9.72 Å². The minimum absolute atomic E-state index is 0.263. The van der Waals surface area contributed by atoms with Gasteiger partial charge >= 0.3 is 0 Å². The molecular weight excluding hydrogens is 1290 g/mol. The van der Waals surface area contributed by atoms with E-state index >= 15 is 0 Å². The van der Waals surface area contributed by atoms with E-state index in [9.17, 15) is 0 Å². The predicted octanol–water partition coefficient (Wildman–Crippen LogP) is 25.6. The molecule has 0 aromatic heterocycles. The van der Waals surface area contributed by atoms with Gasteiger partial charge in [-0.2, -0.15) is 0 Å². The molecule has 0 N–H and O–H groups in total. The molecule has 107 heavy (non-hydrogen) atoms. The lowest BCUT2D eigenvalue weighted by atomic mass is 9.33. The van der Waals surface area contributed by atoms with Gasteiger partial charge in [0, 0.05) is 62.8 Å². The average molecular weight is 1360 g/mol. The third-order valence-corrected chi connectivity index (χ3v) is 25.7. The second-order valence-electron chi connectivity index (χ2n) is 31.2. The number of hydrogen-bond donors (Lipinski definition) is 0. The molecule has 4 heterocycles. The number of benzene rings is 19. The van der Waals surface area contributed by atoms with Crippen LogP contribution in [0.25, 0.3) is 153 Å². The number of fused-ring (bicyclic) bond motifs is 8. The molecule has 4 aliphatic heterocycles. The van der Waals surface area contributed by atoms with Crippen molar-refractivity contribution < 1.29 is 0 Å². The van der Waals surface area contributed by atoms with Crippen molar-refractivity contribution in [3.63, 3.8) is 0 Å². The number of nitrogens with zero attached hydrogens (tertiary/aromatic N) is 3. The van der Waals surface area contributed by atoms with Gasteiger partial charge in [0.1, 0.15) is 0 Å². The van der Waals surface area contributed by atoms with Gasteiger partial charge in [0.25, 0.3) is 6.71 Å². The molecule has 0 unspecified atom stereocenters. The van der Waals surface area contributed by atoms with Crippen LogP contribution < -0.4 is 31.1 Å². The standard InChI is InChI=1S/C103H70BN3/c1-5-21-64(22-6-1)79-35-19-36-80(65-23-7-2-8-24-65)102(79)106-91-51-47-72(77-49-45-70-33-15-41-85-83-39-13-29-68-31-17-43-87(95(68)83)99(77)97(70)85)58-89(91)104-90-59-73(78-50-46-71-34-16-42-86-84-40-14-30-69-32-18-44-88(96(69)84)100(78)98(71)86)48-52-92(90)107(103-81(66-25-9-3-10-26-66)37-20-38-82(103)67-27-11-4-12-28-67)94-61-76(60-93(106)101(94)104)105-74-54-62-53-63(56-74)57-75(105)55-62/h1-52,58-63,74-75H,53-57H2. The Morgan fingerprint density at radius 1 is 0.234 bits per heavy atom. The lowest BCUT2D eigenvalue weighted by Gasteiger charge is -2.58. The number of anilines is 7. The molecule has 0 amide bonds. The van der Waals surface area contributed by atoms with Crippen molar-refractivity contribution in [2.75, 3.05) is 14.7 Å². The van der Waals surface area contributed by atoms with E-state index in [2.05, 4.69) is 354 Å². The molecule has 25 rings (SSSR count). The van der Waals surface area contributed by atoms with Gasteiger partial charge in [-0.05, 0) is 215 Å². The summed E-state index contributed by atoms with van der Waals surface area (Å²) >= 11 is 0. The molecule has 3 nitrogen and oxygen atoms in total. The maximum atomic E-state index is 2.96. The van der Waals surface area contributed by atoms with Crippen LogP contribution >= 0.6 is 0 Å². The Morgan fingerprint density at radius 3 is 0.944 bits per heavy atom. The zero-order valence-electron chi connectivity index (χ0n) is 59.1. The van der Waals surface area contributed by atoms with Crippen LogP contribution in [0.5, 0.6) is 0 Å². The van der Waals surface area contributed by atoms with Crippen LogP contribution in [0, 0.1) is 11.8 Å². The van der Waals surface area contributed by atoms with Gasteiger partial charge in [0.15, 0.2) is 0 Å². The van der Waals surface area contributed by atoms with Gasteiger partial charge in [-0.3, -0.25) is 0 Å². The predicted molar refractivity (Wildman–Crippen MR) is 456 cm³/mol. The summed E-state index contributed by atoms with van der Waals surface area (Å²) in [6, 6.07) is 132. The van der Waals surface area contributed by atoms with Crippen LogP contribution in [0.2, 0.25) is 0 Å². The first-order valence-electron chi connectivity index (χ1n) is 38.6. The third-order valence-electron chi connectivity index (χ3n) is 25.7. The molecule has 500 valence electrons. The molecule has 19 aromatic rings. The fraction of sp³-hybridized carbons (Fsp3) is 0.0874. The van der Waals surface area contributed by atoms with Gasteiger partial charge in [-0.15, -0.1) is 0 Å². The zero-order chi connectivity index (χ0) is 69.7. The summed E-state index contributed by atoms with van der Waals surface area (Å²) in [5.74, 6) is 1.55. The Bertz CT molecular complexity index is 6360. The molecule has 6 aliphatic rings. The molecule has 0 spiro atoms. The largest absolute Gasteiger partial charge is 0.365 e. The smallest absolute Gasteiger partial charge is 0.252 e. The van der Waals surface area contributed by atoms with Gasteiger partial charge < -0.3 is 14.7 Å². The Kier molecular flexibility index (Phi) is 12.7. The highest BCUT2D eigenvalue weighted by Gasteiger charge is 2.50. The lowest BCUT2D eigenvalue weighted by molar-refractivity contribution is 0.0900. The average Bonchev–Trinajstić information content (AvgIpc) is 0.689. The van der Waals surface area contributed by atoms with Crippen molar-refractivity contribution in [2.24, 2.45) is 11.8 Å². The van der Waals surface area contributed by atoms with Crippen LogP contribution in [0.4, 0.5) is 39.8 Å². The Labute approximate surface area is 622 Å². The second-order valence-corrected chi connectivity index (χ2v) is 31.2. The van der Waals surface area contributed by atoms with Gasteiger partial charge in [0.05, 0.1) is 11.4 Å². The van der Waals surface area contributed by atoms with Gasteiger partial charge in [-0.25, -0.2) is 0 Å². The van der Waals surface area contributed by atoms with Crippen LogP contribution in [-0.2, 0) is 0 Å². The SMILES string of the molecule is c1ccc(-c2cccc(-c3ccccc3)c2N2c3ccc(-c4ccc5cccc6c7cccc8cccc(c4c56)c87)cc3B3c4cc(-c5ccc6cccc7c8cccc9cccc(c5c67)c98)ccc4N(c4c(-c5ccccc5)cccc4-c4ccccc4)c4cc(N5C6CC7CC(C6)CC5C7)cc2c43)cc1. The monoisotopic (exact) mass is 1360 g/mol. The Morgan fingerprint density at radius 2 is 0.570 bits per heavy atom. The fourth-order valence-electron chi connectivity index (χ4n) is 21.7. The normalized spacial score (nSPS) is 17.1. The Balaban J connectivity index is 0.873. The summed E-state index contributed by atoms with van der Waals surface area (Å²) < 4.78 is 0. The van der Waals surface area contributed by atoms with Crippen LogP contribution in [0.3, 0.4) is 0 Å². The lowest BCUT2D eigenvalue weighted by Crippen LogP contribution is -2.62. The van der Waals surface area contributed by atoms with E-state index in [1.165, 1.54) is 241 Å². The summed E-state index contributed by atoms with van der Waals surface area (Å²) in [6.45, 7) is -0.263. The quantitative estimate of drug-likeness (QED) is 0.0810. The molecule has 2 saturated carbocycles. The highest BCUT2D eigenvalue weighted by Crippen LogP contribution is 2.58. The molecule has 2 saturated heterocycles. The first-order valence-corrected chi connectivity index (χ1v) is 38.6. The molecule has 0 radical (unpaired) electrons. The first-order chi connectivity index (χ1) is 53.1. The maximum Gasteiger partial charge on any atom is 0.252 e. The molecule has 4 bridgehead atoms. The maximum absolute atomic E-state index is 2.96. The highest BCUT2D eigenvalue weighted by atomic mass is 15.2. The summed E-state index contributed by atoms with van der Waals surface area (Å²) in [5.41, 5.74) is 26.7. The number of para-hydroxylation sites is 2. The zero-order valence-corrected chi connectivity index (χ0v) is 59.1. The fourth-order valence-corrected chi connectivity index (χ4v) is 21.7. The van der Waals surface area contributed by atoms with Crippen molar-refractivity contribution >= 4 is 149 Å². The van der Waals surface area contributed by atoms with E-state index in [4.69, 9.17) is 0 Å². The van der Waals surface area contributed by atoms with Crippen molar-refractivity contribution in [1.82, 2.24) is 0 Å². The molecule has 4 heteroatoms. The van der Waals surface area contributed by atoms with E-state index in [1.54, 1.807) is 0 Å². The Hall–Kier alpha value is -12.8. The van der Waals surface area contributed by atoms with E-state index in [0.717, 1.165) is 11.8 Å². The summed E-state index contributed by atoms with van der Waals surface area (Å²) in [4.78, 5) is 8.52. The number of rotatable bonds is 9. The molecule has 2 aliphatic carbocycles. The van der Waals surface area contributed by atoms with Crippen molar-refractivity contribution in [1.29, 1.82) is 0 Å². The van der Waals surface area contributed by atoms with E-state index in [0.29, 0.717) is 12.1 Å². The summed E-state index contributed by atoms with van der Waals surface area (Å²) in [7, 11) is 0. The van der Waals surface area contributed by atoms with E-state index < -0.39 is 0 Å². The van der Waals surface area contributed by atoms with Crippen molar-refractivity contribution in [3.8, 4) is 66.8 Å². The molecule has 0 atom stereocenters. The second kappa shape index (κ2) is 22.9. The van der Waals surface area contributed by atoms with E-state index in [-0.39, 0.29) is 6.71 Å². The van der Waals surface area contributed by atoms with Gasteiger partial charge in [-0.1, -0.05) is 315 Å². The highest BCUT2D eigenvalue weighted by molar-refractivity contribution is 7.00. The van der Waals surface area contributed by atoms with Crippen LogP contribution in [-0.4, -0.2) is 18.8 Å². The number of piperidine rings is 2.